The van der Waals surface area contributed by atoms with Gasteiger partial charge in [0, 0.05) is 29.6 Å². The number of hydrogen-bond donors (Lipinski definition) is 1. The Balaban J connectivity index is 1.46. The summed E-state index contributed by atoms with van der Waals surface area (Å²) in [5.74, 6) is 0.820. The molecule has 0 spiro atoms. The highest BCUT2D eigenvalue weighted by Gasteiger charge is 2.20. The molecule has 0 saturated heterocycles. The van der Waals surface area contributed by atoms with E-state index in [9.17, 15) is 4.79 Å². The van der Waals surface area contributed by atoms with Gasteiger partial charge in [0.05, 0.1) is 0 Å². The van der Waals surface area contributed by atoms with Crippen LogP contribution in [0.5, 0.6) is 0 Å². The van der Waals surface area contributed by atoms with Gasteiger partial charge in [-0.05, 0) is 19.1 Å². The summed E-state index contributed by atoms with van der Waals surface area (Å²) >= 11 is 0. The van der Waals surface area contributed by atoms with Crippen LogP contribution in [-0.2, 0) is 0 Å². The molecule has 0 aliphatic carbocycles. The lowest BCUT2D eigenvalue weighted by molar-refractivity contribution is 0.0923. The number of pyridine rings is 1. The average Bonchev–Trinajstić information content (AvgIpc) is 3.39. The van der Waals surface area contributed by atoms with E-state index in [0.29, 0.717) is 11.6 Å². The van der Waals surface area contributed by atoms with E-state index in [-0.39, 0.29) is 11.6 Å². The number of aromatic nitrogens is 4. The van der Waals surface area contributed by atoms with Crippen molar-refractivity contribution in [1.29, 1.82) is 0 Å². The Bertz CT molecular complexity index is 1040. The lowest BCUT2D eigenvalue weighted by Crippen LogP contribution is -2.27. The van der Waals surface area contributed by atoms with Crippen molar-refractivity contribution in [3.63, 3.8) is 0 Å². The highest BCUT2D eigenvalue weighted by atomic mass is 16.5. The lowest BCUT2D eigenvalue weighted by Gasteiger charge is -2.07. The summed E-state index contributed by atoms with van der Waals surface area (Å²) < 4.78 is 10.5. The largest absolute Gasteiger partial charge is 0.355 e. The first-order valence-corrected chi connectivity index (χ1v) is 8.28. The van der Waals surface area contributed by atoms with Gasteiger partial charge in [-0.25, -0.2) is 0 Å². The Labute approximate surface area is 154 Å². The standard InChI is InChI=1S/C19H15N5O3/c1-12(19-22-17(24-27-19)14-8-5-9-20-11-14)21-18(25)15-10-16(26-23-15)13-6-3-2-4-7-13/h2-12H,1H3,(H,21,25). The van der Waals surface area contributed by atoms with Crippen LogP contribution in [-0.4, -0.2) is 26.2 Å². The molecule has 8 nitrogen and oxygen atoms in total. The smallest absolute Gasteiger partial charge is 0.274 e. The average molecular weight is 361 g/mol. The van der Waals surface area contributed by atoms with Gasteiger partial charge in [-0.1, -0.05) is 40.6 Å². The van der Waals surface area contributed by atoms with Crippen LogP contribution >= 0.6 is 0 Å². The van der Waals surface area contributed by atoms with Gasteiger partial charge in [0.2, 0.25) is 11.7 Å². The Kier molecular flexibility index (Phi) is 4.44. The third-order valence-electron chi connectivity index (χ3n) is 3.88. The maximum Gasteiger partial charge on any atom is 0.274 e. The summed E-state index contributed by atoms with van der Waals surface area (Å²) in [6, 6.07) is 14.1. The Hall–Kier alpha value is -3.81. The predicted molar refractivity (Wildman–Crippen MR) is 95.3 cm³/mol. The van der Waals surface area contributed by atoms with Gasteiger partial charge in [-0.2, -0.15) is 4.98 Å². The molecule has 1 atom stereocenters. The van der Waals surface area contributed by atoms with Crippen LogP contribution in [0.4, 0.5) is 0 Å². The van der Waals surface area contributed by atoms with Crippen molar-refractivity contribution in [1.82, 2.24) is 25.6 Å². The highest BCUT2D eigenvalue weighted by Crippen LogP contribution is 2.21. The quantitative estimate of drug-likeness (QED) is 0.581. The Morgan fingerprint density at radius 3 is 2.63 bits per heavy atom. The molecule has 27 heavy (non-hydrogen) atoms. The molecule has 4 rings (SSSR count). The summed E-state index contributed by atoms with van der Waals surface area (Å²) in [7, 11) is 0. The molecule has 1 amide bonds. The van der Waals surface area contributed by atoms with Gasteiger partial charge >= 0.3 is 0 Å². The number of nitrogens with one attached hydrogen (secondary N) is 1. The van der Waals surface area contributed by atoms with Crippen molar-refractivity contribution in [2.75, 3.05) is 0 Å². The minimum Gasteiger partial charge on any atom is -0.355 e. The molecule has 0 radical (unpaired) electrons. The van der Waals surface area contributed by atoms with Gasteiger partial charge in [-0.15, -0.1) is 0 Å². The zero-order valence-corrected chi connectivity index (χ0v) is 14.4. The van der Waals surface area contributed by atoms with Gasteiger partial charge in [0.25, 0.3) is 5.91 Å². The molecule has 3 aromatic heterocycles. The number of benzene rings is 1. The zero-order chi connectivity index (χ0) is 18.6. The first-order valence-electron chi connectivity index (χ1n) is 8.28. The summed E-state index contributed by atoms with van der Waals surface area (Å²) in [5.41, 5.74) is 1.75. The fourth-order valence-electron chi connectivity index (χ4n) is 2.48. The summed E-state index contributed by atoms with van der Waals surface area (Å²) in [6.07, 6.45) is 3.30. The maximum atomic E-state index is 12.4. The topological polar surface area (TPSA) is 107 Å². The molecule has 1 unspecified atom stereocenters. The molecule has 3 heterocycles. The van der Waals surface area contributed by atoms with E-state index in [0.717, 1.165) is 11.1 Å². The number of hydrogen-bond acceptors (Lipinski definition) is 7. The third-order valence-corrected chi connectivity index (χ3v) is 3.88. The van der Waals surface area contributed by atoms with E-state index in [4.69, 9.17) is 9.05 Å². The minimum atomic E-state index is -0.493. The highest BCUT2D eigenvalue weighted by molar-refractivity contribution is 5.93. The van der Waals surface area contributed by atoms with Crippen LogP contribution < -0.4 is 5.32 Å². The molecule has 1 aromatic carbocycles. The molecule has 8 heteroatoms. The SMILES string of the molecule is CC(NC(=O)c1cc(-c2ccccc2)on1)c1nc(-c2cccnc2)no1. The Morgan fingerprint density at radius 1 is 1.04 bits per heavy atom. The van der Waals surface area contributed by atoms with Crippen LogP contribution in [0.1, 0.15) is 29.3 Å². The molecule has 134 valence electrons. The van der Waals surface area contributed by atoms with Crippen LogP contribution in [0.25, 0.3) is 22.7 Å². The second kappa shape index (κ2) is 7.20. The maximum absolute atomic E-state index is 12.4. The molecule has 0 aliphatic rings. The number of nitrogens with zero attached hydrogens (tertiary/aromatic N) is 4. The summed E-state index contributed by atoms with van der Waals surface area (Å²) in [4.78, 5) is 20.7. The second-order valence-corrected chi connectivity index (χ2v) is 5.84. The Morgan fingerprint density at radius 2 is 1.85 bits per heavy atom. The number of carbonyl (C=O) groups is 1. The fourth-order valence-corrected chi connectivity index (χ4v) is 2.48. The molecule has 0 aliphatic heterocycles. The van der Waals surface area contributed by atoms with E-state index >= 15 is 0 Å². The third kappa shape index (κ3) is 3.59. The first kappa shape index (κ1) is 16.6. The van der Waals surface area contributed by atoms with Gasteiger partial charge < -0.3 is 14.4 Å². The number of amides is 1. The molecular formula is C19H15N5O3. The number of carbonyl (C=O) groups excluding carboxylic acids is 1. The number of rotatable bonds is 5. The predicted octanol–water partition coefficient (Wildman–Crippen LogP) is 3.28. The summed E-state index contributed by atoms with van der Waals surface area (Å²) in [5, 5.41) is 10.5. The van der Waals surface area contributed by atoms with Crippen LogP contribution in [0.3, 0.4) is 0 Å². The van der Waals surface area contributed by atoms with Crippen molar-refractivity contribution < 1.29 is 13.8 Å². The lowest BCUT2D eigenvalue weighted by atomic mass is 10.1. The van der Waals surface area contributed by atoms with Crippen molar-refractivity contribution in [2.24, 2.45) is 0 Å². The van der Waals surface area contributed by atoms with Crippen LogP contribution in [0.2, 0.25) is 0 Å². The van der Waals surface area contributed by atoms with Gasteiger partial charge in [-0.3, -0.25) is 9.78 Å². The van der Waals surface area contributed by atoms with E-state index in [1.807, 2.05) is 36.4 Å². The van der Waals surface area contributed by atoms with Crippen molar-refractivity contribution in [3.8, 4) is 22.7 Å². The molecule has 0 fully saturated rings. The normalized spacial score (nSPS) is 11.9. The summed E-state index contributed by atoms with van der Waals surface area (Å²) in [6.45, 7) is 1.75. The molecule has 0 bridgehead atoms. The minimum absolute atomic E-state index is 0.174. The van der Waals surface area contributed by atoms with Crippen LogP contribution in [0.15, 0.2) is 70.0 Å². The zero-order valence-electron chi connectivity index (χ0n) is 14.4. The van der Waals surface area contributed by atoms with Crippen molar-refractivity contribution in [3.05, 3.63) is 72.5 Å². The molecule has 0 saturated carbocycles. The second-order valence-electron chi connectivity index (χ2n) is 5.84. The van der Waals surface area contributed by atoms with Crippen molar-refractivity contribution in [2.45, 2.75) is 13.0 Å². The van der Waals surface area contributed by atoms with Crippen molar-refractivity contribution >= 4 is 5.91 Å². The molecular weight excluding hydrogens is 346 g/mol. The van der Waals surface area contributed by atoms with Gasteiger partial charge in [0.15, 0.2) is 11.5 Å². The first-order chi connectivity index (χ1) is 13.2. The van der Waals surface area contributed by atoms with Gasteiger partial charge in [0.1, 0.15) is 6.04 Å². The van der Waals surface area contributed by atoms with E-state index in [1.165, 1.54) is 0 Å². The van der Waals surface area contributed by atoms with E-state index in [2.05, 4.69) is 25.6 Å². The molecule has 4 aromatic rings. The van der Waals surface area contributed by atoms with E-state index < -0.39 is 11.9 Å². The van der Waals surface area contributed by atoms with Crippen LogP contribution in [0, 0.1) is 0 Å². The van der Waals surface area contributed by atoms with E-state index in [1.54, 1.807) is 31.5 Å². The monoisotopic (exact) mass is 361 g/mol. The fraction of sp³-hybridized carbons (Fsp3) is 0.105. The molecule has 1 N–H and O–H groups in total.